The van der Waals surface area contributed by atoms with E-state index in [0.29, 0.717) is 0 Å². The highest BCUT2D eigenvalue weighted by Gasteiger charge is 2.09. The highest BCUT2D eigenvalue weighted by molar-refractivity contribution is 5.21. The lowest BCUT2D eigenvalue weighted by Gasteiger charge is -2.17. The third kappa shape index (κ3) is 7.69. The Morgan fingerprint density at radius 2 is 1.65 bits per heavy atom. The minimum atomic E-state index is 0.791. The number of aryl methyl sites for hydroxylation is 1. The van der Waals surface area contributed by atoms with Crippen LogP contribution in [0.2, 0.25) is 0 Å². The molecule has 0 aromatic heterocycles. The zero-order valence-electron chi connectivity index (χ0n) is 13.8. The Morgan fingerprint density at radius 3 is 2.30 bits per heavy atom. The van der Waals surface area contributed by atoms with Crippen molar-refractivity contribution in [3.8, 4) is 0 Å². The Labute approximate surface area is 126 Å². The van der Waals surface area contributed by atoms with E-state index in [2.05, 4.69) is 50.4 Å². The van der Waals surface area contributed by atoms with Gasteiger partial charge in [0.1, 0.15) is 0 Å². The van der Waals surface area contributed by atoms with E-state index in [1.807, 2.05) is 0 Å². The van der Waals surface area contributed by atoms with Crippen LogP contribution in [0.15, 0.2) is 24.3 Å². The molecule has 1 N–H and O–H groups in total. The minimum Gasteiger partial charge on any atom is -0.317 e. The Balaban J connectivity index is 2.36. The molecule has 0 heterocycles. The monoisotopic (exact) mass is 275 g/mol. The molecular weight excluding hydrogens is 242 g/mol. The predicted molar refractivity (Wildman–Crippen MR) is 90.3 cm³/mol. The number of nitrogens with one attached hydrogen (secondary N) is 1. The molecule has 0 amide bonds. The number of hydrogen-bond acceptors (Lipinski definition) is 1. The molecule has 114 valence electrons. The van der Waals surface area contributed by atoms with Gasteiger partial charge in [0, 0.05) is 0 Å². The number of rotatable bonds is 11. The van der Waals surface area contributed by atoms with Crippen LogP contribution in [-0.4, -0.2) is 13.1 Å². The molecule has 1 unspecified atom stereocenters. The molecule has 1 aromatic carbocycles. The number of benzene rings is 1. The van der Waals surface area contributed by atoms with Crippen molar-refractivity contribution in [2.45, 2.75) is 65.7 Å². The van der Waals surface area contributed by atoms with Crippen LogP contribution in [0.3, 0.4) is 0 Å². The van der Waals surface area contributed by atoms with Crippen LogP contribution in [0.25, 0.3) is 0 Å². The quantitative estimate of drug-likeness (QED) is 0.552. The second-order valence-corrected chi connectivity index (χ2v) is 6.07. The molecule has 0 aliphatic heterocycles. The number of unbranched alkanes of at least 4 members (excludes halogenated alkanes) is 4. The van der Waals surface area contributed by atoms with Crippen molar-refractivity contribution >= 4 is 0 Å². The van der Waals surface area contributed by atoms with Crippen LogP contribution in [-0.2, 0) is 6.42 Å². The summed E-state index contributed by atoms with van der Waals surface area (Å²) in [6.45, 7) is 8.89. The topological polar surface area (TPSA) is 12.0 Å². The Kier molecular flexibility index (Phi) is 9.40. The summed E-state index contributed by atoms with van der Waals surface area (Å²) in [4.78, 5) is 0. The predicted octanol–water partition coefficient (Wildman–Crippen LogP) is 5.12. The van der Waals surface area contributed by atoms with Crippen molar-refractivity contribution < 1.29 is 0 Å². The molecule has 0 aliphatic rings. The van der Waals surface area contributed by atoms with Crippen molar-refractivity contribution in [2.24, 2.45) is 5.92 Å². The van der Waals surface area contributed by atoms with Gasteiger partial charge in [0.05, 0.1) is 0 Å². The lowest BCUT2D eigenvalue weighted by molar-refractivity contribution is 0.424. The summed E-state index contributed by atoms with van der Waals surface area (Å²) >= 11 is 0. The van der Waals surface area contributed by atoms with Crippen molar-refractivity contribution in [3.63, 3.8) is 0 Å². The molecule has 0 saturated heterocycles. The summed E-state index contributed by atoms with van der Waals surface area (Å²) in [5.41, 5.74) is 2.85. The van der Waals surface area contributed by atoms with Gasteiger partial charge in [0.2, 0.25) is 0 Å². The van der Waals surface area contributed by atoms with E-state index in [1.54, 1.807) is 0 Å². The fourth-order valence-electron chi connectivity index (χ4n) is 2.72. The van der Waals surface area contributed by atoms with E-state index in [1.165, 1.54) is 56.1 Å². The minimum absolute atomic E-state index is 0.791. The van der Waals surface area contributed by atoms with E-state index < -0.39 is 0 Å². The largest absolute Gasteiger partial charge is 0.317 e. The normalized spacial score (nSPS) is 12.6. The van der Waals surface area contributed by atoms with Gasteiger partial charge in [-0.3, -0.25) is 0 Å². The maximum Gasteiger partial charge on any atom is -0.00175 e. The first-order valence-corrected chi connectivity index (χ1v) is 8.52. The Morgan fingerprint density at radius 1 is 0.950 bits per heavy atom. The first kappa shape index (κ1) is 17.2. The molecule has 0 fully saturated rings. The van der Waals surface area contributed by atoms with E-state index >= 15 is 0 Å². The van der Waals surface area contributed by atoms with Gasteiger partial charge in [-0.1, -0.05) is 75.8 Å². The smallest absolute Gasteiger partial charge is 0.00175 e. The summed E-state index contributed by atoms with van der Waals surface area (Å²) < 4.78 is 0. The van der Waals surface area contributed by atoms with Gasteiger partial charge in [-0.15, -0.1) is 0 Å². The first-order chi connectivity index (χ1) is 9.76. The van der Waals surface area contributed by atoms with Gasteiger partial charge in [-0.2, -0.15) is 0 Å². The Hall–Kier alpha value is -0.820. The van der Waals surface area contributed by atoms with Crippen LogP contribution in [0, 0.1) is 12.8 Å². The molecule has 1 heteroatoms. The lowest BCUT2D eigenvalue weighted by Crippen LogP contribution is -2.24. The van der Waals surface area contributed by atoms with Gasteiger partial charge >= 0.3 is 0 Å². The summed E-state index contributed by atoms with van der Waals surface area (Å²) in [7, 11) is 0. The molecule has 0 saturated carbocycles. The fourth-order valence-corrected chi connectivity index (χ4v) is 2.72. The van der Waals surface area contributed by atoms with Gasteiger partial charge in [0.15, 0.2) is 0 Å². The molecule has 1 atom stereocenters. The van der Waals surface area contributed by atoms with Crippen molar-refractivity contribution in [3.05, 3.63) is 35.4 Å². The summed E-state index contributed by atoms with van der Waals surface area (Å²) in [6.07, 6.45) is 9.53. The van der Waals surface area contributed by atoms with Gasteiger partial charge in [-0.25, -0.2) is 0 Å². The van der Waals surface area contributed by atoms with Crippen molar-refractivity contribution in [1.82, 2.24) is 5.32 Å². The highest BCUT2D eigenvalue weighted by Crippen LogP contribution is 2.17. The van der Waals surface area contributed by atoms with E-state index in [0.717, 1.165) is 19.0 Å². The molecule has 0 spiro atoms. The second-order valence-electron chi connectivity index (χ2n) is 6.07. The second kappa shape index (κ2) is 10.9. The zero-order chi connectivity index (χ0) is 14.6. The van der Waals surface area contributed by atoms with Gasteiger partial charge < -0.3 is 5.32 Å². The number of hydrogen-bond donors (Lipinski definition) is 1. The third-order valence-electron chi connectivity index (χ3n) is 4.04. The van der Waals surface area contributed by atoms with E-state index in [9.17, 15) is 0 Å². The van der Waals surface area contributed by atoms with Crippen LogP contribution in [0.5, 0.6) is 0 Å². The van der Waals surface area contributed by atoms with Crippen molar-refractivity contribution in [1.29, 1.82) is 0 Å². The van der Waals surface area contributed by atoms with E-state index in [4.69, 9.17) is 0 Å². The average Bonchev–Trinajstić information content (AvgIpc) is 2.46. The molecule has 1 rings (SSSR count). The summed E-state index contributed by atoms with van der Waals surface area (Å²) in [5, 5.41) is 3.53. The lowest BCUT2D eigenvalue weighted by atomic mass is 9.93. The van der Waals surface area contributed by atoms with Gasteiger partial charge in [-0.05, 0) is 44.3 Å². The van der Waals surface area contributed by atoms with Gasteiger partial charge in [0.25, 0.3) is 0 Å². The summed E-state index contributed by atoms with van der Waals surface area (Å²) in [5.74, 6) is 0.791. The fraction of sp³-hybridized carbons (Fsp3) is 0.684. The first-order valence-electron chi connectivity index (χ1n) is 8.52. The zero-order valence-corrected chi connectivity index (χ0v) is 13.8. The molecule has 1 aromatic rings. The van der Waals surface area contributed by atoms with Crippen LogP contribution in [0.1, 0.15) is 63.5 Å². The molecule has 20 heavy (non-hydrogen) atoms. The van der Waals surface area contributed by atoms with Crippen molar-refractivity contribution in [2.75, 3.05) is 13.1 Å². The molecular formula is C19H33N. The maximum absolute atomic E-state index is 3.53. The highest BCUT2D eigenvalue weighted by atomic mass is 14.8. The SMILES string of the molecule is CCCCCCCC(CNCC)Cc1ccc(C)cc1. The summed E-state index contributed by atoms with van der Waals surface area (Å²) in [6, 6.07) is 9.07. The van der Waals surface area contributed by atoms with Crippen LogP contribution in [0.4, 0.5) is 0 Å². The standard InChI is InChI=1S/C19H33N/c1-4-6-7-8-9-10-19(16-20-5-2)15-18-13-11-17(3)12-14-18/h11-14,19-20H,4-10,15-16H2,1-3H3. The van der Waals surface area contributed by atoms with Crippen LogP contribution >= 0.6 is 0 Å². The molecule has 0 bridgehead atoms. The van der Waals surface area contributed by atoms with Crippen LogP contribution < -0.4 is 5.32 Å². The maximum atomic E-state index is 3.53. The molecule has 0 radical (unpaired) electrons. The van der Waals surface area contributed by atoms with E-state index in [-0.39, 0.29) is 0 Å². The molecule has 1 nitrogen and oxygen atoms in total. The third-order valence-corrected chi connectivity index (χ3v) is 4.04. The molecule has 0 aliphatic carbocycles. The average molecular weight is 275 g/mol. The Bertz CT molecular complexity index is 328.